The highest BCUT2D eigenvalue weighted by molar-refractivity contribution is 7.91. The van der Waals surface area contributed by atoms with Gasteiger partial charge in [0, 0.05) is 6.54 Å². The Hall–Kier alpha value is -1.21. The molecule has 1 aliphatic rings. The van der Waals surface area contributed by atoms with Crippen molar-refractivity contribution in [3.63, 3.8) is 0 Å². The fraction of sp³-hybridized carbons (Fsp3) is 0.333. The van der Waals surface area contributed by atoms with Crippen LogP contribution in [0.3, 0.4) is 0 Å². The monoisotopic (exact) mass is 323 g/mol. The number of ether oxygens (including phenoxy) is 1. The van der Waals surface area contributed by atoms with Crippen LogP contribution in [0, 0.1) is 0 Å². The highest BCUT2D eigenvalue weighted by atomic mass is 32.2. The Balaban J connectivity index is 1.91. The Kier molecular flexibility index (Phi) is 4.12. The molecule has 0 amide bonds. The van der Waals surface area contributed by atoms with Gasteiger partial charge in [-0.25, -0.2) is 8.42 Å². The van der Waals surface area contributed by atoms with Gasteiger partial charge < -0.3 is 4.74 Å². The fourth-order valence-electron chi connectivity index (χ4n) is 2.65. The number of thiophene rings is 1. The van der Waals surface area contributed by atoms with Gasteiger partial charge in [-0.2, -0.15) is 4.31 Å². The molecule has 1 fully saturated rings. The van der Waals surface area contributed by atoms with Gasteiger partial charge in [0.25, 0.3) is 10.0 Å². The minimum Gasteiger partial charge on any atom is -0.370 e. The molecule has 21 heavy (non-hydrogen) atoms. The summed E-state index contributed by atoms with van der Waals surface area (Å²) in [7, 11) is -3.44. The first-order valence-corrected chi connectivity index (χ1v) is 9.14. The first kappa shape index (κ1) is 14.7. The molecule has 6 heteroatoms. The van der Waals surface area contributed by atoms with E-state index in [-0.39, 0.29) is 12.1 Å². The SMILES string of the molecule is CC1C(c2ccccc2)OCCN1S(=O)(=O)c1cccs1. The van der Waals surface area contributed by atoms with E-state index in [1.807, 2.05) is 37.3 Å². The van der Waals surface area contributed by atoms with Crippen LogP contribution in [0.2, 0.25) is 0 Å². The van der Waals surface area contributed by atoms with Crippen LogP contribution in [-0.2, 0) is 14.8 Å². The normalized spacial score (nSPS) is 24.0. The number of morpholine rings is 1. The third-order valence-electron chi connectivity index (χ3n) is 3.69. The summed E-state index contributed by atoms with van der Waals surface area (Å²) in [6.45, 7) is 2.71. The summed E-state index contributed by atoms with van der Waals surface area (Å²) in [5, 5.41) is 1.78. The Bertz CT molecular complexity index is 683. The van der Waals surface area contributed by atoms with Crippen molar-refractivity contribution in [2.24, 2.45) is 0 Å². The molecular weight excluding hydrogens is 306 g/mol. The molecule has 0 spiro atoms. The molecule has 3 rings (SSSR count). The van der Waals surface area contributed by atoms with Gasteiger partial charge in [-0.1, -0.05) is 36.4 Å². The van der Waals surface area contributed by atoms with E-state index < -0.39 is 10.0 Å². The maximum atomic E-state index is 12.7. The van der Waals surface area contributed by atoms with Crippen molar-refractivity contribution in [1.29, 1.82) is 0 Å². The summed E-state index contributed by atoms with van der Waals surface area (Å²) < 4.78 is 33.2. The van der Waals surface area contributed by atoms with Crippen LogP contribution in [-0.4, -0.2) is 31.9 Å². The van der Waals surface area contributed by atoms with Crippen LogP contribution in [0.15, 0.2) is 52.1 Å². The van der Waals surface area contributed by atoms with Crippen molar-refractivity contribution < 1.29 is 13.2 Å². The van der Waals surface area contributed by atoms with Crippen LogP contribution in [0.4, 0.5) is 0 Å². The molecule has 2 unspecified atom stereocenters. The molecule has 0 aliphatic carbocycles. The Morgan fingerprint density at radius 3 is 2.62 bits per heavy atom. The Morgan fingerprint density at radius 1 is 1.19 bits per heavy atom. The zero-order valence-corrected chi connectivity index (χ0v) is 13.3. The Labute approximate surface area is 129 Å². The van der Waals surface area contributed by atoms with Crippen molar-refractivity contribution in [3.05, 3.63) is 53.4 Å². The van der Waals surface area contributed by atoms with Crippen molar-refractivity contribution in [2.75, 3.05) is 13.2 Å². The molecule has 1 aliphatic heterocycles. The zero-order chi connectivity index (χ0) is 14.9. The molecule has 0 N–H and O–H groups in total. The van der Waals surface area contributed by atoms with Crippen molar-refractivity contribution in [2.45, 2.75) is 23.3 Å². The number of rotatable bonds is 3. The molecule has 0 saturated carbocycles. The van der Waals surface area contributed by atoms with E-state index in [0.29, 0.717) is 17.4 Å². The summed E-state index contributed by atoms with van der Waals surface area (Å²) in [5.74, 6) is 0. The molecule has 1 aromatic heterocycles. The van der Waals surface area contributed by atoms with Gasteiger partial charge in [0.2, 0.25) is 0 Å². The summed E-state index contributed by atoms with van der Waals surface area (Å²) in [5.41, 5.74) is 1.01. The first-order valence-electron chi connectivity index (χ1n) is 6.82. The van der Waals surface area contributed by atoms with E-state index in [9.17, 15) is 8.42 Å². The van der Waals surface area contributed by atoms with Gasteiger partial charge in [-0.15, -0.1) is 11.3 Å². The quantitative estimate of drug-likeness (QED) is 0.872. The molecule has 4 nitrogen and oxygen atoms in total. The van der Waals surface area contributed by atoms with Gasteiger partial charge in [-0.05, 0) is 23.9 Å². The summed E-state index contributed by atoms with van der Waals surface area (Å²) in [4.78, 5) is 0. The lowest BCUT2D eigenvalue weighted by Gasteiger charge is -2.38. The number of hydrogen-bond donors (Lipinski definition) is 0. The second-order valence-electron chi connectivity index (χ2n) is 4.99. The van der Waals surface area contributed by atoms with E-state index in [2.05, 4.69) is 0 Å². The maximum absolute atomic E-state index is 12.7. The topological polar surface area (TPSA) is 46.6 Å². The maximum Gasteiger partial charge on any atom is 0.252 e. The highest BCUT2D eigenvalue weighted by Crippen LogP contribution is 2.33. The number of benzene rings is 1. The molecule has 2 heterocycles. The number of sulfonamides is 1. The van der Waals surface area contributed by atoms with Crippen molar-refractivity contribution >= 4 is 21.4 Å². The lowest BCUT2D eigenvalue weighted by molar-refractivity contribution is -0.0360. The molecule has 112 valence electrons. The third kappa shape index (κ3) is 2.76. The summed E-state index contributed by atoms with van der Waals surface area (Å²) in [6, 6.07) is 13.0. The smallest absolute Gasteiger partial charge is 0.252 e. The standard InChI is InChI=1S/C15H17NO3S2/c1-12-15(13-6-3-2-4-7-13)19-10-9-16(12)21(17,18)14-8-5-11-20-14/h2-8,11-12,15H,9-10H2,1H3. The summed E-state index contributed by atoms with van der Waals surface area (Å²) >= 11 is 1.25. The Morgan fingerprint density at radius 2 is 1.95 bits per heavy atom. The molecule has 1 aromatic carbocycles. The zero-order valence-electron chi connectivity index (χ0n) is 11.7. The van der Waals surface area contributed by atoms with Crippen LogP contribution in [0.25, 0.3) is 0 Å². The molecule has 2 atom stereocenters. The molecule has 2 aromatic rings. The molecule has 0 radical (unpaired) electrons. The average Bonchev–Trinajstić information content (AvgIpc) is 3.03. The lowest BCUT2D eigenvalue weighted by Crippen LogP contribution is -2.48. The second-order valence-corrected chi connectivity index (χ2v) is 8.06. The van der Waals surface area contributed by atoms with Crippen molar-refractivity contribution in [1.82, 2.24) is 4.31 Å². The fourth-order valence-corrected chi connectivity index (χ4v) is 5.38. The molecule has 0 bridgehead atoms. The lowest BCUT2D eigenvalue weighted by atomic mass is 10.0. The van der Waals surface area contributed by atoms with E-state index in [1.54, 1.807) is 21.8 Å². The van der Waals surface area contributed by atoms with Crippen LogP contribution in [0.5, 0.6) is 0 Å². The first-order chi connectivity index (χ1) is 10.1. The predicted octanol–water partition coefficient (Wildman–Crippen LogP) is 2.90. The summed E-state index contributed by atoms with van der Waals surface area (Å²) in [6.07, 6.45) is -0.227. The average molecular weight is 323 g/mol. The van der Waals surface area contributed by atoms with Gasteiger partial charge in [0.15, 0.2) is 0 Å². The molecular formula is C15H17NO3S2. The predicted molar refractivity (Wildman–Crippen MR) is 82.8 cm³/mol. The van der Waals surface area contributed by atoms with E-state index in [1.165, 1.54) is 11.3 Å². The van der Waals surface area contributed by atoms with E-state index in [0.717, 1.165) is 5.56 Å². The highest BCUT2D eigenvalue weighted by Gasteiger charge is 2.38. The van der Waals surface area contributed by atoms with Gasteiger partial charge in [0.1, 0.15) is 4.21 Å². The minimum absolute atomic E-state index is 0.227. The van der Waals surface area contributed by atoms with Gasteiger partial charge >= 0.3 is 0 Å². The third-order valence-corrected chi connectivity index (χ3v) is 7.05. The van der Waals surface area contributed by atoms with Crippen LogP contribution in [0.1, 0.15) is 18.6 Å². The second kappa shape index (κ2) is 5.88. The van der Waals surface area contributed by atoms with Crippen LogP contribution < -0.4 is 0 Å². The van der Waals surface area contributed by atoms with Crippen molar-refractivity contribution in [3.8, 4) is 0 Å². The van der Waals surface area contributed by atoms with E-state index in [4.69, 9.17) is 4.74 Å². The van der Waals surface area contributed by atoms with Gasteiger partial charge in [-0.3, -0.25) is 0 Å². The van der Waals surface area contributed by atoms with Crippen LogP contribution >= 0.6 is 11.3 Å². The van der Waals surface area contributed by atoms with Gasteiger partial charge in [0.05, 0.1) is 18.8 Å². The number of hydrogen-bond acceptors (Lipinski definition) is 4. The number of nitrogens with zero attached hydrogens (tertiary/aromatic N) is 1. The molecule has 1 saturated heterocycles. The van der Waals surface area contributed by atoms with E-state index >= 15 is 0 Å². The largest absolute Gasteiger partial charge is 0.370 e. The minimum atomic E-state index is -3.44.